The molecule has 0 spiro atoms. The molecule has 0 saturated heterocycles. The van der Waals surface area contributed by atoms with Crippen molar-refractivity contribution in [3.8, 4) is 28.5 Å². The fourth-order valence-electron chi connectivity index (χ4n) is 2.74. The van der Waals surface area contributed by atoms with Gasteiger partial charge in [0.2, 0.25) is 6.79 Å². The number of hydrogen-bond acceptors (Lipinski definition) is 6. The van der Waals surface area contributed by atoms with Gasteiger partial charge >= 0.3 is 0 Å². The molecule has 27 heavy (non-hydrogen) atoms. The fourth-order valence-corrected chi connectivity index (χ4v) is 3.55. The molecule has 0 atom stereocenters. The lowest BCUT2D eigenvalue weighted by molar-refractivity contribution is 0.0953. The summed E-state index contributed by atoms with van der Waals surface area (Å²) in [5.74, 6) is 1.95. The minimum atomic E-state index is -0.139. The van der Waals surface area contributed by atoms with Gasteiger partial charge in [0, 0.05) is 29.5 Å². The topological polar surface area (TPSA) is 69.7 Å². The van der Waals surface area contributed by atoms with Gasteiger partial charge in [0.25, 0.3) is 5.91 Å². The van der Waals surface area contributed by atoms with Crippen molar-refractivity contribution in [2.24, 2.45) is 0 Å². The molecule has 2 heterocycles. The molecule has 1 aliphatic rings. The van der Waals surface area contributed by atoms with E-state index in [0.29, 0.717) is 30.0 Å². The number of hydrogen-bond donors (Lipinski definition) is 1. The lowest BCUT2D eigenvalue weighted by Gasteiger charge is -2.05. The highest BCUT2D eigenvalue weighted by atomic mass is 32.1. The van der Waals surface area contributed by atoms with E-state index in [4.69, 9.17) is 14.2 Å². The fraction of sp³-hybridized carbons (Fsp3) is 0.200. The summed E-state index contributed by atoms with van der Waals surface area (Å²) < 4.78 is 15.7. The third kappa shape index (κ3) is 3.88. The van der Waals surface area contributed by atoms with Gasteiger partial charge in [-0.05, 0) is 42.5 Å². The second-order valence-electron chi connectivity index (χ2n) is 5.93. The average Bonchev–Trinajstić information content (AvgIpc) is 3.37. The first-order valence-corrected chi connectivity index (χ1v) is 9.37. The van der Waals surface area contributed by atoms with Crippen molar-refractivity contribution in [1.82, 2.24) is 10.3 Å². The predicted molar refractivity (Wildman–Crippen MR) is 103 cm³/mol. The number of ether oxygens (including phenoxy) is 3. The van der Waals surface area contributed by atoms with Gasteiger partial charge in [-0.25, -0.2) is 4.98 Å². The lowest BCUT2D eigenvalue weighted by atomic mass is 10.2. The molecule has 6 nitrogen and oxygen atoms in total. The second-order valence-corrected chi connectivity index (χ2v) is 6.87. The van der Waals surface area contributed by atoms with Gasteiger partial charge in [-0.3, -0.25) is 4.79 Å². The molecule has 1 aliphatic heterocycles. The summed E-state index contributed by atoms with van der Waals surface area (Å²) in [4.78, 5) is 16.9. The Bertz CT molecular complexity index is 953. The first kappa shape index (κ1) is 17.4. The van der Waals surface area contributed by atoms with Crippen LogP contribution in [0.2, 0.25) is 0 Å². The van der Waals surface area contributed by atoms with E-state index in [1.807, 2.05) is 29.6 Å². The summed E-state index contributed by atoms with van der Waals surface area (Å²) in [5, 5.41) is 5.92. The number of carbonyl (C=O) groups excluding carboxylic acids is 1. The maximum atomic E-state index is 12.3. The maximum Gasteiger partial charge on any atom is 0.251 e. The standard InChI is InChI=1S/C20H18N2O4S/c1-24-15-5-2-13(3-6-15)16-11-27-19(22-16)8-9-21-20(23)14-4-7-17-18(10-14)26-12-25-17/h2-7,10-11H,8-9,12H2,1H3,(H,21,23). The quantitative estimate of drug-likeness (QED) is 0.706. The van der Waals surface area contributed by atoms with Crippen LogP contribution < -0.4 is 19.5 Å². The van der Waals surface area contributed by atoms with E-state index in [1.165, 1.54) is 0 Å². The van der Waals surface area contributed by atoms with Crippen LogP contribution in [0, 0.1) is 0 Å². The van der Waals surface area contributed by atoms with E-state index < -0.39 is 0 Å². The second kappa shape index (κ2) is 7.67. The van der Waals surface area contributed by atoms with Crippen LogP contribution in [-0.4, -0.2) is 31.3 Å². The van der Waals surface area contributed by atoms with E-state index in [0.717, 1.165) is 22.0 Å². The number of benzene rings is 2. The molecule has 3 aromatic rings. The summed E-state index contributed by atoms with van der Waals surface area (Å²) in [6.45, 7) is 0.712. The van der Waals surface area contributed by atoms with Crippen LogP contribution in [0.1, 0.15) is 15.4 Å². The third-order valence-electron chi connectivity index (χ3n) is 4.20. The molecule has 0 bridgehead atoms. The van der Waals surface area contributed by atoms with Crippen LogP contribution in [0.25, 0.3) is 11.3 Å². The largest absolute Gasteiger partial charge is 0.497 e. The van der Waals surface area contributed by atoms with Crippen molar-refractivity contribution in [2.45, 2.75) is 6.42 Å². The van der Waals surface area contributed by atoms with E-state index >= 15 is 0 Å². The van der Waals surface area contributed by atoms with E-state index in [2.05, 4.69) is 10.3 Å². The highest BCUT2D eigenvalue weighted by Gasteiger charge is 2.16. The molecule has 2 aromatic carbocycles. The molecule has 0 fully saturated rings. The number of aromatic nitrogens is 1. The minimum absolute atomic E-state index is 0.139. The lowest BCUT2D eigenvalue weighted by Crippen LogP contribution is -2.25. The minimum Gasteiger partial charge on any atom is -0.497 e. The number of nitrogens with zero attached hydrogens (tertiary/aromatic N) is 1. The van der Waals surface area contributed by atoms with Crippen molar-refractivity contribution in [3.05, 3.63) is 58.4 Å². The van der Waals surface area contributed by atoms with Crippen LogP contribution in [-0.2, 0) is 6.42 Å². The van der Waals surface area contributed by atoms with E-state index in [-0.39, 0.29) is 12.7 Å². The van der Waals surface area contributed by atoms with Gasteiger partial charge in [-0.1, -0.05) is 0 Å². The molecule has 1 amide bonds. The Hall–Kier alpha value is -3.06. The van der Waals surface area contributed by atoms with Gasteiger partial charge in [0.15, 0.2) is 11.5 Å². The molecule has 0 radical (unpaired) electrons. The molecular formula is C20H18N2O4S. The third-order valence-corrected chi connectivity index (χ3v) is 5.11. The monoisotopic (exact) mass is 382 g/mol. The van der Waals surface area contributed by atoms with Crippen LogP contribution >= 0.6 is 11.3 Å². The smallest absolute Gasteiger partial charge is 0.251 e. The number of amides is 1. The number of methoxy groups -OCH3 is 1. The number of nitrogens with one attached hydrogen (secondary N) is 1. The summed E-state index contributed by atoms with van der Waals surface area (Å²) >= 11 is 1.59. The van der Waals surface area contributed by atoms with Gasteiger partial charge < -0.3 is 19.5 Å². The van der Waals surface area contributed by atoms with Gasteiger partial charge in [-0.15, -0.1) is 11.3 Å². The molecule has 7 heteroatoms. The van der Waals surface area contributed by atoms with Crippen LogP contribution in [0.5, 0.6) is 17.2 Å². The summed E-state index contributed by atoms with van der Waals surface area (Å²) in [5.41, 5.74) is 2.53. The molecule has 1 aromatic heterocycles. The van der Waals surface area contributed by atoms with Crippen LogP contribution in [0.3, 0.4) is 0 Å². The summed E-state index contributed by atoms with van der Waals surface area (Å²) in [6.07, 6.45) is 0.678. The molecule has 0 unspecified atom stereocenters. The zero-order valence-corrected chi connectivity index (χ0v) is 15.5. The SMILES string of the molecule is COc1ccc(-c2csc(CCNC(=O)c3ccc4c(c3)OCO4)n2)cc1. The molecule has 138 valence electrons. The molecule has 0 saturated carbocycles. The Morgan fingerprint density at radius 1 is 1.19 bits per heavy atom. The Labute approximate surface area is 160 Å². The first-order valence-electron chi connectivity index (χ1n) is 8.49. The Morgan fingerprint density at radius 3 is 2.81 bits per heavy atom. The van der Waals surface area contributed by atoms with Crippen molar-refractivity contribution in [2.75, 3.05) is 20.4 Å². The number of fused-ring (bicyclic) bond motifs is 1. The summed E-state index contributed by atoms with van der Waals surface area (Å²) in [6, 6.07) is 13.0. The zero-order valence-electron chi connectivity index (χ0n) is 14.7. The Morgan fingerprint density at radius 2 is 2.00 bits per heavy atom. The average molecular weight is 382 g/mol. The van der Waals surface area contributed by atoms with Crippen molar-refractivity contribution < 1.29 is 19.0 Å². The van der Waals surface area contributed by atoms with Crippen molar-refractivity contribution >= 4 is 17.2 Å². The Kier molecular flexibility index (Phi) is 4.93. The first-order chi connectivity index (χ1) is 13.2. The van der Waals surface area contributed by atoms with Crippen molar-refractivity contribution in [1.29, 1.82) is 0 Å². The number of carbonyl (C=O) groups is 1. The molecular weight excluding hydrogens is 364 g/mol. The van der Waals surface area contributed by atoms with Gasteiger partial charge in [-0.2, -0.15) is 0 Å². The summed E-state index contributed by atoms with van der Waals surface area (Å²) in [7, 11) is 1.65. The number of rotatable bonds is 6. The van der Waals surface area contributed by atoms with Crippen LogP contribution in [0.15, 0.2) is 47.8 Å². The van der Waals surface area contributed by atoms with Crippen LogP contribution in [0.4, 0.5) is 0 Å². The van der Waals surface area contributed by atoms with Gasteiger partial charge in [0.05, 0.1) is 17.8 Å². The predicted octanol–water partition coefficient (Wildman–Crippen LogP) is 3.52. The number of thiazole rings is 1. The van der Waals surface area contributed by atoms with E-state index in [1.54, 1.807) is 36.6 Å². The van der Waals surface area contributed by atoms with E-state index in [9.17, 15) is 4.79 Å². The highest BCUT2D eigenvalue weighted by molar-refractivity contribution is 7.09. The Balaban J connectivity index is 1.32. The molecule has 4 rings (SSSR count). The van der Waals surface area contributed by atoms with Gasteiger partial charge in [0.1, 0.15) is 5.75 Å². The normalized spacial score (nSPS) is 12.0. The molecule has 0 aliphatic carbocycles. The van der Waals surface area contributed by atoms with Crippen molar-refractivity contribution in [3.63, 3.8) is 0 Å². The maximum absolute atomic E-state index is 12.3. The highest BCUT2D eigenvalue weighted by Crippen LogP contribution is 2.32. The molecule has 1 N–H and O–H groups in total. The zero-order chi connectivity index (χ0) is 18.6.